The van der Waals surface area contributed by atoms with Crippen molar-refractivity contribution >= 4 is 32.8 Å². The van der Waals surface area contributed by atoms with Crippen LogP contribution in [0.25, 0.3) is 89.5 Å². The maximum atomic E-state index is 6.05. The molecule has 0 N–H and O–H groups in total. The molecule has 0 spiro atoms. The Morgan fingerprint density at radius 3 is 1.85 bits per heavy atom. The SMILES string of the molecule is c1ccc(-c2nc(-c3ccccc3)nc(-c3cccc(-c4cccc5nc(-c6nncc7oc8ccccc8c67)ccc45)c3)n2)cc1. The minimum Gasteiger partial charge on any atom is -0.454 e. The second-order valence-electron chi connectivity index (χ2n) is 11.2. The average Bonchev–Trinajstić information content (AvgIpc) is 3.54. The summed E-state index contributed by atoms with van der Waals surface area (Å²) in [5.74, 6) is 1.87. The van der Waals surface area contributed by atoms with Crippen LogP contribution in [0.3, 0.4) is 0 Å². The van der Waals surface area contributed by atoms with Crippen molar-refractivity contribution in [2.45, 2.75) is 0 Å². The molecule has 0 bridgehead atoms. The number of aromatic nitrogens is 6. The van der Waals surface area contributed by atoms with Crippen LogP contribution in [0.4, 0.5) is 0 Å². The van der Waals surface area contributed by atoms with Crippen molar-refractivity contribution in [2.24, 2.45) is 0 Å². The van der Waals surface area contributed by atoms with E-state index < -0.39 is 0 Å². The zero-order valence-corrected chi connectivity index (χ0v) is 24.9. The van der Waals surface area contributed by atoms with Crippen molar-refractivity contribution in [2.75, 3.05) is 0 Å². The van der Waals surface area contributed by atoms with Crippen LogP contribution in [-0.4, -0.2) is 30.1 Å². The number of rotatable bonds is 5. The maximum absolute atomic E-state index is 6.05. The lowest BCUT2D eigenvalue weighted by Gasteiger charge is -2.11. The molecule has 5 aromatic carbocycles. The van der Waals surface area contributed by atoms with Crippen LogP contribution >= 0.6 is 0 Å². The van der Waals surface area contributed by atoms with E-state index in [4.69, 9.17) is 24.4 Å². The van der Waals surface area contributed by atoms with E-state index >= 15 is 0 Å². The van der Waals surface area contributed by atoms with Crippen molar-refractivity contribution < 1.29 is 4.42 Å². The van der Waals surface area contributed by atoms with Gasteiger partial charge in [-0.15, -0.1) is 5.10 Å². The normalized spacial score (nSPS) is 11.4. The molecule has 9 rings (SSSR count). The Balaban J connectivity index is 1.15. The fourth-order valence-electron chi connectivity index (χ4n) is 6.07. The lowest BCUT2D eigenvalue weighted by atomic mass is 9.98. The van der Waals surface area contributed by atoms with Gasteiger partial charge in [0.2, 0.25) is 0 Å². The first-order valence-electron chi connectivity index (χ1n) is 15.3. The van der Waals surface area contributed by atoms with Crippen LogP contribution in [0.15, 0.2) is 150 Å². The summed E-state index contributed by atoms with van der Waals surface area (Å²) in [6.07, 6.45) is 1.66. The van der Waals surface area contributed by atoms with Crippen molar-refractivity contribution in [1.82, 2.24) is 30.1 Å². The summed E-state index contributed by atoms with van der Waals surface area (Å²) in [5, 5.41) is 11.6. The van der Waals surface area contributed by atoms with Crippen LogP contribution < -0.4 is 0 Å². The molecule has 220 valence electrons. The first-order chi connectivity index (χ1) is 23.3. The van der Waals surface area contributed by atoms with Gasteiger partial charge in [0, 0.05) is 27.5 Å². The van der Waals surface area contributed by atoms with E-state index in [0.717, 1.165) is 60.8 Å². The number of pyridine rings is 1. The Kier molecular flexibility index (Phi) is 6.31. The molecular formula is C40H24N6O. The molecule has 9 aromatic rings. The molecule has 0 saturated carbocycles. The number of benzene rings is 5. The molecule has 0 saturated heterocycles. The lowest BCUT2D eigenvalue weighted by Crippen LogP contribution is -2.00. The summed E-state index contributed by atoms with van der Waals surface area (Å²) in [6, 6.07) is 46.6. The molecule has 4 aromatic heterocycles. The highest BCUT2D eigenvalue weighted by atomic mass is 16.3. The summed E-state index contributed by atoms with van der Waals surface area (Å²) in [7, 11) is 0. The molecule has 0 radical (unpaired) electrons. The maximum Gasteiger partial charge on any atom is 0.164 e. The van der Waals surface area contributed by atoms with Crippen molar-refractivity contribution in [1.29, 1.82) is 0 Å². The summed E-state index contributed by atoms with van der Waals surface area (Å²) < 4.78 is 6.05. The Hall–Kier alpha value is -6.60. The number of para-hydroxylation sites is 1. The second-order valence-corrected chi connectivity index (χ2v) is 11.2. The quantitative estimate of drug-likeness (QED) is 0.193. The molecule has 0 aliphatic carbocycles. The molecule has 4 heterocycles. The van der Waals surface area contributed by atoms with Gasteiger partial charge in [-0.2, -0.15) is 5.10 Å². The van der Waals surface area contributed by atoms with Gasteiger partial charge in [-0.25, -0.2) is 19.9 Å². The first-order valence-corrected chi connectivity index (χ1v) is 15.3. The minimum atomic E-state index is 0.610. The van der Waals surface area contributed by atoms with Gasteiger partial charge in [-0.05, 0) is 41.5 Å². The predicted octanol–water partition coefficient (Wildman–Crippen LogP) is 9.44. The van der Waals surface area contributed by atoms with Gasteiger partial charge in [-0.3, -0.25) is 0 Å². The Morgan fingerprint density at radius 1 is 0.447 bits per heavy atom. The zero-order valence-electron chi connectivity index (χ0n) is 24.9. The van der Waals surface area contributed by atoms with Gasteiger partial charge in [0.15, 0.2) is 23.1 Å². The molecule has 7 nitrogen and oxygen atoms in total. The number of furan rings is 1. The van der Waals surface area contributed by atoms with Crippen LogP contribution in [0.5, 0.6) is 0 Å². The summed E-state index contributed by atoms with van der Waals surface area (Å²) in [5.41, 5.74) is 8.63. The van der Waals surface area contributed by atoms with Crippen molar-refractivity contribution in [3.8, 4) is 56.7 Å². The van der Waals surface area contributed by atoms with Gasteiger partial charge in [-0.1, -0.05) is 109 Å². The van der Waals surface area contributed by atoms with Gasteiger partial charge in [0.05, 0.1) is 22.8 Å². The largest absolute Gasteiger partial charge is 0.454 e. The lowest BCUT2D eigenvalue weighted by molar-refractivity contribution is 0.665. The van der Waals surface area contributed by atoms with Gasteiger partial charge >= 0.3 is 0 Å². The Labute approximate surface area is 269 Å². The molecule has 0 atom stereocenters. The fourth-order valence-corrected chi connectivity index (χ4v) is 6.07. The summed E-state index contributed by atoms with van der Waals surface area (Å²) in [6.45, 7) is 0. The van der Waals surface area contributed by atoms with Crippen LogP contribution in [0, 0.1) is 0 Å². The van der Waals surface area contributed by atoms with Crippen molar-refractivity contribution in [3.05, 3.63) is 146 Å². The molecule has 0 aliphatic heterocycles. The van der Waals surface area contributed by atoms with Gasteiger partial charge in [0.25, 0.3) is 0 Å². The molecule has 0 unspecified atom stereocenters. The number of hydrogen-bond donors (Lipinski definition) is 0. The highest BCUT2D eigenvalue weighted by Gasteiger charge is 2.17. The van der Waals surface area contributed by atoms with E-state index in [1.165, 1.54) is 0 Å². The second kappa shape index (κ2) is 11.1. The smallest absolute Gasteiger partial charge is 0.164 e. The van der Waals surface area contributed by atoms with E-state index in [9.17, 15) is 0 Å². The Morgan fingerprint density at radius 2 is 1.09 bits per heavy atom. The molecule has 47 heavy (non-hydrogen) atoms. The molecule has 7 heteroatoms. The summed E-state index contributed by atoms with van der Waals surface area (Å²) in [4.78, 5) is 19.8. The van der Waals surface area contributed by atoms with Crippen LogP contribution in [0.1, 0.15) is 0 Å². The van der Waals surface area contributed by atoms with Crippen LogP contribution in [-0.2, 0) is 0 Å². The molecule has 0 amide bonds. The van der Waals surface area contributed by atoms with E-state index in [0.29, 0.717) is 28.8 Å². The average molecular weight is 605 g/mol. The molecule has 0 aliphatic rings. The number of hydrogen-bond acceptors (Lipinski definition) is 7. The Bertz CT molecular complexity index is 2520. The third-order valence-electron chi connectivity index (χ3n) is 8.30. The van der Waals surface area contributed by atoms with E-state index in [-0.39, 0.29) is 0 Å². The first kappa shape index (κ1) is 26.8. The third kappa shape index (κ3) is 4.78. The van der Waals surface area contributed by atoms with E-state index in [2.05, 4.69) is 34.5 Å². The van der Waals surface area contributed by atoms with Crippen molar-refractivity contribution in [3.63, 3.8) is 0 Å². The van der Waals surface area contributed by atoms with E-state index in [1.54, 1.807) is 6.20 Å². The molecule has 0 fully saturated rings. The topological polar surface area (TPSA) is 90.5 Å². The molecular weight excluding hydrogens is 580 g/mol. The van der Waals surface area contributed by atoms with Crippen LogP contribution in [0.2, 0.25) is 0 Å². The number of fused-ring (bicyclic) bond motifs is 4. The monoisotopic (exact) mass is 604 g/mol. The summed E-state index contributed by atoms with van der Waals surface area (Å²) >= 11 is 0. The highest BCUT2D eigenvalue weighted by Crippen LogP contribution is 2.36. The third-order valence-corrected chi connectivity index (χ3v) is 8.30. The highest BCUT2D eigenvalue weighted by molar-refractivity contribution is 6.11. The zero-order chi connectivity index (χ0) is 31.2. The van der Waals surface area contributed by atoms with E-state index in [1.807, 2.05) is 115 Å². The fraction of sp³-hybridized carbons (Fsp3) is 0. The van der Waals surface area contributed by atoms with Gasteiger partial charge in [0.1, 0.15) is 11.3 Å². The predicted molar refractivity (Wildman–Crippen MR) is 185 cm³/mol. The standard InChI is InChI=1S/C40H24N6O/c1-3-11-25(12-4-1)38-43-39(26-13-5-2-6-14-26)45-40(44-38)28-16-9-15-27(23-28)29-18-10-19-32-30(29)21-22-33(42-32)37-36-31-17-7-8-20-34(31)47-35(36)24-41-46-37/h1-24H. The van der Waals surface area contributed by atoms with Gasteiger partial charge < -0.3 is 4.42 Å². The number of nitrogens with zero attached hydrogens (tertiary/aromatic N) is 6. The minimum absolute atomic E-state index is 0.610.